The second-order valence-corrected chi connectivity index (χ2v) is 9.40. The number of nitro benzene ring substituents is 1. The fourth-order valence-electron chi connectivity index (χ4n) is 4.80. The molecule has 2 heterocycles. The van der Waals surface area contributed by atoms with Gasteiger partial charge in [-0.25, -0.2) is 0 Å². The minimum atomic E-state index is -0.385. The Bertz CT molecular complexity index is 1570. The Morgan fingerprint density at radius 2 is 1.76 bits per heavy atom. The van der Waals surface area contributed by atoms with Crippen molar-refractivity contribution in [3.63, 3.8) is 0 Å². The van der Waals surface area contributed by atoms with Gasteiger partial charge in [-0.15, -0.1) is 0 Å². The minimum Gasteiger partial charge on any atom is -0.494 e. The largest absolute Gasteiger partial charge is 0.494 e. The SMILES string of the molecule is CCCCOc1ccc2c3ccnc(C=Cc4ccc([N+](=O)[O-])cc4)c3n(CCCc3ccccc3)c2c1. The summed E-state index contributed by atoms with van der Waals surface area (Å²) in [6, 6.07) is 25.5. The van der Waals surface area contributed by atoms with Crippen molar-refractivity contribution < 1.29 is 9.66 Å². The predicted octanol–water partition coefficient (Wildman–Crippen LogP) is 8.08. The van der Waals surface area contributed by atoms with E-state index >= 15 is 0 Å². The zero-order valence-electron chi connectivity index (χ0n) is 21.5. The van der Waals surface area contributed by atoms with E-state index < -0.39 is 0 Å². The Balaban J connectivity index is 1.54. The van der Waals surface area contributed by atoms with E-state index in [1.165, 1.54) is 23.1 Å². The van der Waals surface area contributed by atoms with Crippen molar-refractivity contribution in [2.45, 2.75) is 39.2 Å². The number of aryl methyl sites for hydroxylation is 2. The number of nitro groups is 1. The summed E-state index contributed by atoms with van der Waals surface area (Å²) in [5.41, 5.74) is 5.38. The highest BCUT2D eigenvalue weighted by atomic mass is 16.6. The van der Waals surface area contributed by atoms with Crippen LogP contribution in [0.1, 0.15) is 43.0 Å². The highest BCUT2D eigenvalue weighted by Gasteiger charge is 2.15. The van der Waals surface area contributed by atoms with Gasteiger partial charge in [0.15, 0.2) is 0 Å². The monoisotopic (exact) mass is 505 g/mol. The van der Waals surface area contributed by atoms with Crippen molar-refractivity contribution in [2.24, 2.45) is 0 Å². The van der Waals surface area contributed by atoms with E-state index in [9.17, 15) is 10.1 Å². The molecule has 0 aliphatic carbocycles. The first kappa shape index (κ1) is 25.2. The molecule has 5 aromatic rings. The molecular weight excluding hydrogens is 474 g/mol. The molecule has 0 N–H and O–H groups in total. The highest BCUT2D eigenvalue weighted by Crippen LogP contribution is 2.34. The van der Waals surface area contributed by atoms with Gasteiger partial charge in [0.2, 0.25) is 0 Å². The number of benzene rings is 3. The van der Waals surface area contributed by atoms with Crippen LogP contribution in [-0.4, -0.2) is 21.1 Å². The Morgan fingerprint density at radius 1 is 0.947 bits per heavy atom. The van der Waals surface area contributed by atoms with Gasteiger partial charge in [-0.2, -0.15) is 0 Å². The van der Waals surface area contributed by atoms with Gasteiger partial charge in [-0.1, -0.05) is 49.8 Å². The van der Waals surface area contributed by atoms with Gasteiger partial charge in [0.25, 0.3) is 5.69 Å². The summed E-state index contributed by atoms with van der Waals surface area (Å²) in [5.74, 6) is 0.883. The fourth-order valence-corrected chi connectivity index (χ4v) is 4.80. The molecule has 6 nitrogen and oxygen atoms in total. The van der Waals surface area contributed by atoms with E-state index in [-0.39, 0.29) is 10.6 Å². The third-order valence-electron chi connectivity index (χ3n) is 6.77. The molecule has 0 aliphatic heterocycles. The molecule has 38 heavy (non-hydrogen) atoms. The standard InChI is InChI=1S/C32H31N3O3/c1-2-3-22-38-27-16-17-28-29-19-20-33-30(18-13-25-11-14-26(15-12-25)35(36)37)32(29)34(31(28)23-27)21-7-10-24-8-5-4-6-9-24/h4-6,8-9,11-20,23H,2-3,7,10,21-22H2,1H3. The Morgan fingerprint density at radius 3 is 2.53 bits per heavy atom. The molecule has 5 rings (SSSR count). The van der Waals surface area contributed by atoms with Crippen molar-refractivity contribution in [2.75, 3.05) is 6.61 Å². The van der Waals surface area contributed by atoms with E-state index in [0.29, 0.717) is 6.61 Å². The zero-order valence-corrected chi connectivity index (χ0v) is 21.5. The average Bonchev–Trinajstić information content (AvgIpc) is 3.26. The zero-order chi connectivity index (χ0) is 26.3. The summed E-state index contributed by atoms with van der Waals surface area (Å²) in [4.78, 5) is 15.3. The van der Waals surface area contributed by atoms with Gasteiger partial charge >= 0.3 is 0 Å². The average molecular weight is 506 g/mol. The summed E-state index contributed by atoms with van der Waals surface area (Å²) < 4.78 is 8.41. The Hall–Kier alpha value is -4.45. The maximum Gasteiger partial charge on any atom is 0.269 e. The van der Waals surface area contributed by atoms with Crippen molar-refractivity contribution in [1.82, 2.24) is 9.55 Å². The Kier molecular flexibility index (Phi) is 7.78. The van der Waals surface area contributed by atoms with Gasteiger partial charge in [0, 0.05) is 41.7 Å². The molecule has 0 spiro atoms. The third-order valence-corrected chi connectivity index (χ3v) is 6.77. The molecule has 0 radical (unpaired) electrons. The topological polar surface area (TPSA) is 70.2 Å². The molecule has 0 amide bonds. The number of unbranched alkanes of at least 4 members (excludes halogenated alkanes) is 1. The van der Waals surface area contributed by atoms with Gasteiger partial charge in [0.05, 0.1) is 28.3 Å². The van der Waals surface area contributed by atoms with E-state index in [0.717, 1.165) is 65.7 Å². The Labute approximate surface area is 222 Å². The number of aromatic nitrogens is 2. The summed E-state index contributed by atoms with van der Waals surface area (Å²) >= 11 is 0. The van der Waals surface area contributed by atoms with Crippen LogP contribution in [0.3, 0.4) is 0 Å². The van der Waals surface area contributed by atoms with Crippen molar-refractivity contribution in [1.29, 1.82) is 0 Å². The van der Waals surface area contributed by atoms with Crippen molar-refractivity contribution >= 4 is 39.6 Å². The van der Waals surface area contributed by atoms with Gasteiger partial charge < -0.3 is 9.30 Å². The summed E-state index contributed by atoms with van der Waals surface area (Å²) in [6.45, 7) is 3.72. The molecular formula is C32H31N3O3. The lowest BCUT2D eigenvalue weighted by atomic mass is 10.1. The van der Waals surface area contributed by atoms with E-state index in [4.69, 9.17) is 9.72 Å². The molecule has 6 heteroatoms. The number of rotatable bonds is 11. The second-order valence-electron chi connectivity index (χ2n) is 9.40. The first-order valence-electron chi connectivity index (χ1n) is 13.1. The normalized spacial score (nSPS) is 11.5. The lowest BCUT2D eigenvalue weighted by Gasteiger charge is -2.11. The smallest absolute Gasteiger partial charge is 0.269 e. The maximum atomic E-state index is 11.0. The van der Waals surface area contributed by atoms with Crippen LogP contribution in [0.15, 0.2) is 85.1 Å². The number of hydrogen-bond donors (Lipinski definition) is 0. The predicted molar refractivity (Wildman–Crippen MR) is 154 cm³/mol. The molecule has 0 atom stereocenters. The van der Waals surface area contributed by atoms with Crippen LogP contribution in [-0.2, 0) is 13.0 Å². The van der Waals surface area contributed by atoms with Crippen LogP contribution in [0.4, 0.5) is 5.69 Å². The van der Waals surface area contributed by atoms with E-state index in [2.05, 4.69) is 60.0 Å². The van der Waals surface area contributed by atoms with E-state index in [1.54, 1.807) is 12.1 Å². The third kappa shape index (κ3) is 5.59. The quantitative estimate of drug-likeness (QED) is 0.103. The van der Waals surface area contributed by atoms with Crippen LogP contribution >= 0.6 is 0 Å². The van der Waals surface area contributed by atoms with Crippen LogP contribution in [0, 0.1) is 10.1 Å². The van der Waals surface area contributed by atoms with Crippen LogP contribution in [0.25, 0.3) is 34.0 Å². The van der Waals surface area contributed by atoms with Gasteiger partial charge in [0.1, 0.15) is 5.75 Å². The fraction of sp³-hybridized carbons (Fsp3) is 0.219. The van der Waals surface area contributed by atoms with E-state index in [1.807, 2.05) is 24.4 Å². The molecule has 0 fully saturated rings. The van der Waals surface area contributed by atoms with Crippen LogP contribution in [0.2, 0.25) is 0 Å². The first-order valence-corrected chi connectivity index (χ1v) is 13.1. The van der Waals surface area contributed by atoms with Crippen LogP contribution in [0.5, 0.6) is 5.75 Å². The van der Waals surface area contributed by atoms with Crippen LogP contribution < -0.4 is 4.74 Å². The highest BCUT2D eigenvalue weighted by molar-refractivity contribution is 6.10. The molecule has 0 aliphatic rings. The molecule has 2 aromatic heterocycles. The maximum absolute atomic E-state index is 11.0. The van der Waals surface area contributed by atoms with Crippen molar-refractivity contribution in [3.8, 4) is 5.75 Å². The molecule has 0 unspecified atom stereocenters. The summed E-state index contributed by atoms with van der Waals surface area (Å²) in [5, 5.41) is 13.3. The summed E-state index contributed by atoms with van der Waals surface area (Å²) in [7, 11) is 0. The molecule has 0 bridgehead atoms. The van der Waals surface area contributed by atoms with Gasteiger partial charge in [-0.3, -0.25) is 15.1 Å². The molecule has 0 saturated heterocycles. The second kappa shape index (κ2) is 11.7. The van der Waals surface area contributed by atoms with Crippen molar-refractivity contribution in [3.05, 3.63) is 112 Å². The number of ether oxygens (including phenoxy) is 1. The number of hydrogen-bond acceptors (Lipinski definition) is 4. The first-order chi connectivity index (χ1) is 18.6. The minimum absolute atomic E-state index is 0.0814. The molecule has 192 valence electrons. The number of fused-ring (bicyclic) bond motifs is 3. The summed E-state index contributed by atoms with van der Waals surface area (Å²) in [6.07, 6.45) is 9.90. The molecule has 3 aromatic carbocycles. The lowest BCUT2D eigenvalue weighted by Crippen LogP contribution is -2.02. The molecule has 0 saturated carbocycles. The number of nitrogens with zero attached hydrogens (tertiary/aromatic N) is 3. The number of pyridine rings is 1. The number of non-ortho nitro benzene ring substituents is 1. The lowest BCUT2D eigenvalue weighted by molar-refractivity contribution is -0.384. The van der Waals surface area contributed by atoms with Gasteiger partial charge in [-0.05, 0) is 66.8 Å².